The van der Waals surface area contributed by atoms with E-state index in [9.17, 15) is 4.79 Å². The first kappa shape index (κ1) is 16.1. The SMILES string of the molecule is CCc1nc(CN2CCN(C(=O)[C@H]3Cc4ccccc4O3)CC2)no1. The molecular weight excluding hydrogens is 320 g/mol. The smallest absolute Gasteiger partial charge is 0.264 e. The summed E-state index contributed by atoms with van der Waals surface area (Å²) in [4.78, 5) is 21.2. The molecule has 7 heteroatoms. The maximum Gasteiger partial charge on any atom is 0.264 e. The Bertz CT molecular complexity index is 727. The molecule has 1 fully saturated rings. The van der Waals surface area contributed by atoms with Crippen molar-refractivity contribution in [2.75, 3.05) is 26.2 Å². The number of hydrogen-bond donors (Lipinski definition) is 0. The monoisotopic (exact) mass is 342 g/mol. The van der Waals surface area contributed by atoms with Crippen molar-refractivity contribution in [1.29, 1.82) is 0 Å². The van der Waals surface area contributed by atoms with Gasteiger partial charge >= 0.3 is 0 Å². The van der Waals surface area contributed by atoms with Crippen LogP contribution in [0, 0.1) is 0 Å². The van der Waals surface area contributed by atoms with Crippen LogP contribution >= 0.6 is 0 Å². The van der Waals surface area contributed by atoms with Gasteiger partial charge in [-0.3, -0.25) is 9.69 Å². The fourth-order valence-corrected chi connectivity index (χ4v) is 3.35. The number of benzene rings is 1. The molecule has 4 rings (SSSR count). The van der Waals surface area contributed by atoms with Crippen molar-refractivity contribution in [3.63, 3.8) is 0 Å². The quantitative estimate of drug-likeness (QED) is 0.833. The molecule has 0 unspecified atom stereocenters. The van der Waals surface area contributed by atoms with Gasteiger partial charge in [0.2, 0.25) is 5.89 Å². The standard InChI is InChI=1S/C18H22N4O3/c1-2-17-19-16(20-25-17)12-21-7-9-22(10-8-21)18(23)15-11-13-5-3-4-6-14(13)24-15/h3-6,15H,2,7-12H2,1H3/t15-/m1/s1. The van der Waals surface area contributed by atoms with E-state index in [4.69, 9.17) is 9.26 Å². The molecule has 0 radical (unpaired) electrons. The number of carbonyl (C=O) groups excluding carboxylic acids is 1. The van der Waals surface area contributed by atoms with Gasteiger partial charge in [0.15, 0.2) is 11.9 Å². The normalized spacial score (nSPS) is 20.4. The van der Waals surface area contributed by atoms with Gasteiger partial charge in [-0.1, -0.05) is 30.3 Å². The van der Waals surface area contributed by atoms with Gasteiger partial charge in [-0.25, -0.2) is 0 Å². The van der Waals surface area contributed by atoms with Crippen LogP contribution in [-0.2, 0) is 24.2 Å². The number of carbonyl (C=O) groups is 1. The Morgan fingerprint density at radius 1 is 1.24 bits per heavy atom. The van der Waals surface area contributed by atoms with Crippen molar-refractivity contribution in [1.82, 2.24) is 19.9 Å². The summed E-state index contributed by atoms with van der Waals surface area (Å²) in [7, 11) is 0. The maximum atomic E-state index is 12.7. The van der Waals surface area contributed by atoms with Crippen molar-refractivity contribution in [3.8, 4) is 5.75 Å². The second kappa shape index (κ2) is 6.84. The Hall–Kier alpha value is -2.41. The topological polar surface area (TPSA) is 71.7 Å². The Labute approximate surface area is 146 Å². The maximum absolute atomic E-state index is 12.7. The molecule has 7 nitrogen and oxygen atoms in total. The number of rotatable bonds is 4. The molecule has 0 aliphatic carbocycles. The summed E-state index contributed by atoms with van der Waals surface area (Å²) in [5.41, 5.74) is 1.11. The van der Waals surface area contributed by atoms with Crippen LogP contribution in [0.2, 0.25) is 0 Å². The highest BCUT2D eigenvalue weighted by Crippen LogP contribution is 2.29. The highest BCUT2D eigenvalue weighted by Gasteiger charge is 2.33. The summed E-state index contributed by atoms with van der Waals surface area (Å²) in [6.07, 6.45) is 1.03. The van der Waals surface area contributed by atoms with Gasteiger partial charge in [-0.15, -0.1) is 0 Å². The molecule has 0 N–H and O–H groups in total. The molecule has 3 heterocycles. The van der Waals surface area contributed by atoms with Crippen LogP contribution in [0.5, 0.6) is 5.75 Å². The van der Waals surface area contributed by atoms with E-state index >= 15 is 0 Å². The zero-order valence-electron chi connectivity index (χ0n) is 14.4. The summed E-state index contributed by atoms with van der Waals surface area (Å²) in [6.45, 7) is 5.67. The molecule has 1 amide bonds. The van der Waals surface area contributed by atoms with E-state index in [1.165, 1.54) is 0 Å². The van der Waals surface area contributed by atoms with Gasteiger partial charge in [-0.2, -0.15) is 4.98 Å². The third-order valence-electron chi connectivity index (χ3n) is 4.78. The molecule has 1 saturated heterocycles. The number of para-hydroxylation sites is 1. The van der Waals surface area contributed by atoms with Crippen molar-refractivity contribution < 1.29 is 14.1 Å². The molecule has 1 aromatic heterocycles. The molecule has 2 aromatic rings. The van der Waals surface area contributed by atoms with Gasteiger partial charge in [-0.05, 0) is 11.6 Å². The first-order valence-electron chi connectivity index (χ1n) is 8.80. The van der Waals surface area contributed by atoms with Crippen molar-refractivity contribution in [2.24, 2.45) is 0 Å². The van der Waals surface area contributed by atoms with E-state index in [-0.39, 0.29) is 12.0 Å². The number of ether oxygens (including phenoxy) is 1. The van der Waals surface area contributed by atoms with E-state index < -0.39 is 0 Å². The predicted molar refractivity (Wildman–Crippen MR) is 90.1 cm³/mol. The molecule has 0 spiro atoms. The summed E-state index contributed by atoms with van der Waals surface area (Å²) >= 11 is 0. The van der Waals surface area contributed by atoms with Crippen LogP contribution in [-0.4, -0.2) is 58.1 Å². The Balaban J connectivity index is 1.29. The molecule has 2 aliphatic rings. The number of hydrogen-bond acceptors (Lipinski definition) is 6. The highest BCUT2D eigenvalue weighted by molar-refractivity contribution is 5.82. The fraction of sp³-hybridized carbons (Fsp3) is 0.500. The number of aryl methyl sites for hydroxylation is 1. The van der Waals surface area contributed by atoms with Crippen LogP contribution in [0.25, 0.3) is 0 Å². The van der Waals surface area contributed by atoms with E-state index in [0.29, 0.717) is 37.8 Å². The van der Waals surface area contributed by atoms with Crippen LogP contribution in [0.3, 0.4) is 0 Å². The minimum atomic E-state index is -0.381. The van der Waals surface area contributed by atoms with Gasteiger partial charge in [0, 0.05) is 39.0 Å². The third-order valence-corrected chi connectivity index (χ3v) is 4.78. The van der Waals surface area contributed by atoms with Crippen LogP contribution in [0.15, 0.2) is 28.8 Å². The largest absolute Gasteiger partial charge is 0.480 e. The number of fused-ring (bicyclic) bond motifs is 1. The first-order chi connectivity index (χ1) is 12.2. The molecule has 0 bridgehead atoms. The summed E-state index contributed by atoms with van der Waals surface area (Å²) < 4.78 is 11.0. The zero-order chi connectivity index (χ0) is 17.2. The Kier molecular flexibility index (Phi) is 4.40. The van der Waals surface area contributed by atoms with Crippen LogP contribution in [0.4, 0.5) is 0 Å². The lowest BCUT2D eigenvalue weighted by molar-refractivity contribution is -0.139. The fourth-order valence-electron chi connectivity index (χ4n) is 3.35. The Morgan fingerprint density at radius 3 is 2.76 bits per heavy atom. The lowest BCUT2D eigenvalue weighted by Gasteiger charge is -2.35. The molecular formula is C18H22N4O3. The second-order valence-electron chi connectivity index (χ2n) is 6.48. The number of amides is 1. The van der Waals surface area contributed by atoms with Crippen molar-refractivity contribution >= 4 is 5.91 Å². The number of piperazine rings is 1. The minimum absolute atomic E-state index is 0.0867. The molecule has 2 aliphatic heterocycles. The molecule has 132 valence electrons. The van der Waals surface area contributed by atoms with Gasteiger partial charge in [0.05, 0.1) is 6.54 Å². The van der Waals surface area contributed by atoms with Gasteiger partial charge < -0.3 is 14.2 Å². The number of nitrogens with zero attached hydrogens (tertiary/aromatic N) is 4. The molecule has 1 aromatic carbocycles. The van der Waals surface area contributed by atoms with E-state index in [2.05, 4.69) is 15.0 Å². The van der Waals surface area contributed by atoms with Crippen molar-refractivity contribution in [2.45, 2.75) is 32.4 Å². The summed E-state index contributed by atoms with van der Waals surface area (Å²) in [5.74, 6) is 2.31. The molecule has 0 saturated carbocycles. The average Bonchev–Trinajstić information content (AvgIpc) is 3.28. The lowest BCUT2D eigenvalue weighted by Crippen LogP contribution is -2.52. The Morgan fingerprint density at radius 2 is 2.04 bits per heavy atom. The van der Waals surface area contributed by atoms with Crippen LogP contribution in [0.1, 0.15) is 24.2 Å². The summed E-state index contributed by atoms with van der Waals surface area (Å²) in [6, 6.07) is 7.87. The minimum Gasteiger partial charge on any atom is -0.480 e. The summed E-state index contributed by atoms with van der Waals surface area (Å²) in [5, 5.41) is 3.99. The third kappa shape index (κ3) is 3.37. The van der Waals surface area contributed by atoms with Crippen LogP contribution < -0.4 is 4.74 Å². The van der Waals surface area contributed by atoms with Crippen molar-refractivity contribution in [3.05, 3.63) is 41.5 Å². The van der Waals surface area contributed by atoms with Gasteiger partial charge in [0.1, 0.15) is 5.75 Å². The second-order valence-corrected chi connectivity index (χ2v) is 6.48. The van der Waals surface area contributed by atoms with E-state index in [1.54, 1.807) is 0 Å². The van der Waals surface area contributed by atoms with Gasteiger partial charge in [0.25, 0.3) is 5.91 Å². The zero-order valence-corrected chi connectivity index (χ0v) is 14.4. The lowest BCUT2D eigenvalue weighted by atomic mass is 10.1. The first-order valence-corrected chi connectivity index (χ1v) is 8.80. The average molecular weight is 342 g/mol. The highest BCUT2D eigenvalue weighted by atomic mass is 16.5. The predicted octanol–water partition coefficient (Wildman–Crippen LogP) is 1.28. The number of aromatic nitrogens is 2. The van der Waals surface area contributed by atoms with E-state index in [1.807, 2.05) is 36.1 Å². The van der Waals surface area contributed by atoms with E-state index in [0.717, 1.165) is 30.8 Å². The molecule has 25 heavy (non-hydrogen) atoms. The molecule has 1 atom stereocenters.